The lowest BCUT2D eigenvalue weighted by Crippen LogP contribution is -1.92. The maximum absolute atomic E-state index is 13.1. The van der Waals surface area contributed by atoms with Crippen molar-refractivity contribution in [3.63, 3.8) is 0 Å². The average Bonchev–Trinajstić information content (AvgIpc) is 2.25. The predicted octanol–water partition coefficient (Wildman–Crippen LogP) is 3.06. The second-order valence-corrected chi connectivity index (χ2v) is 3.17. The molecule has 0 radical (unpaired) electrons. The first-order valence-corrected chi connectivity index (χ1v) is 4.52. The standard InChI is InChI=1S/C10H6ClFN2O/c11-7-1-3-8(4-2-7)15-10-9(12)5-13-6-14-10/h1-6H. The Labute approximate surface area is 90.5 Å². The monoisotopic (exact) mass is 224 g/mol. The van der Waals surface area contributed by atoms with E-state index >= 15 is 0 Å². The van der Waals surface area contributed by atoms with Crippen LogP contribution in [0.2, 0.25) is 5.02 Å². The highest BCUT2D eigenvalue weighted by Crippen LogP contribution is 2.22. The van der Waals surface area contributed by atoms with Crippen LogP contribution in [0.5, 0.6) is 11.6 Å². The number of nitrogens with zero attached hydrogens (tertiary/aromatic N) is 2. The quantitative estimate of drug-likeness (QED) is 0.786. The molecule has 0 atom stereocenters. The van der Waals surface area contributed by atoms with Gasteiger partial charge in [0.2, 0.25) is 5.82 Å². The Morgan fingerprint density at radius 3 is 2.60 bits per heavy atom. The minimum Gasteiger partial charge on any atom is -0.436 e. The molecular formula is C10H6ClFN2O. The first-order valence-electron chi connectivity index (χ1n) is 4.14. The van der Waals surface area contributed by atoms with Crippen molar-refractivity contribution in [2.24, 2.45) is 0 Å². The smallest absolute Gasteiger partial charge is 0.259 e. The summed E-state index contributed by atoms with van der Waals surface area (Å²) in [6, 6.07) is 6.56. The number of ether oxygens (including phenoxy) is 1. The first-order chi connectivity index (χ1) is 7.25. The van der Waals surface area contributed by atoms with Gasteiger partial charge in [-0.15, -0.1) is 0 Å². The van der Waals surface area contributed by atoms with Crippen LogP contribution in [-0.4, -0.2) is 9.97 Å². The number of hydrogen-bond acceptors (Lipinski definition) is 3. The van der Waals surface area contributed by atoms with Crippen molar-refractivity contribution < 1.29 is 9.13 Å². The van der Waals surface area contributed by atoms with Crippen LogP contribution in [0.4, 0.5) is 4.39 Å². The summed E-state index contributed by atoms with van der Waals surface area (Å²) < 4.78 is 18.3. The highest BCUT2D eigenvalue weighted by molar-refractivity contribution is 6.30. The number of benzene rings is 1. The third-order valence-corrected chi connectivity index (χ3v) is 1.91. The van der Waals surface area contributed by atoms with E-state index in [0.29, 0.717) is 10.8 Å². The van der Waals surface area contributed by atoms with Crippen LogP contribution >= 0.6 is 11.6 Å². The lowest BCUT2D eigenvalue weighted by Gasteiger charge is -2.04. The van der Waals surface area contributed by atoms with Crippen molar-refractivity contribution in [3.8, 4) is 11.6 Å². The Morgan fingerprint density at radius 1 is 1.20 bits per heavy atom. The summed E-state index contributed by atoms with van der Waals surface area (Å²) in [5.74, 6) is -0.239. The molecule has 0 saturated carbocycles. The van der Waals surface area contributed by atoms with E-state index in [2.05, 4.69) is 9.97 Å². The number of halogens is 2. The zero-order valence-corrected chi connectivity index (χ0v) is 8.28. The average molecular weight is 225 g/mol. The minimum absolute atomic E-state index is 0.104. The number of hydrogen-bond donors (Lipinski definition) is 0. The molecule has 0 fully saturated rings. The molecular weight excluding hydrogens is 219 g/mol. The molecule has 2 aromatic rings. The molecule has 0 saturated heterocycles. The van der Waals surface area contributed by atoms with E-state index in [-0.39, 0.29) is 5.88 Å². The van der Waals surface area contributed by atoms with E-state index in [0.717, 1.165) is 6.20 Å². The van der Waals surface area contributed by atoms with Crippen molar-refractivity contribution in [1.29, 1.82) is 0 Å². The van der Waals surface area contributed by atoms with Crippen molar-refractivity contribution in [1.82, 2.24) is 9.97 Å². The second kappa shape index (κ2) is 4.23. The third-order valence-electron chi connectivity index (χ3n) is 1.66. The largest absolute Gasteiger partial charge is 0.436 e. The van der Waals surface area contributed by atoms with E-state index in [1.807, 2.05) is 0 Å². The molecule has 1 heterocycles. The van der Waals surface area contributed by atoms with Crippen molar-refractivity contribution >= 4 is 11.6 Å². The van der Waals surface area contributed by atoms with Crippen molar-refractivity contribution in [2.75, 3.05) is 0 Å². The van der Waals surface area contributed by atoms with Crippen LogP contribution in [0.3, 0.4) is 0 Å². The lowest BCUT2D eigenvalue weighted by atomic mass is 10.3. The fourth-order valence-corrected chi connectivity index (χ4v) is 1.12. The Balaban J connectivity index is 2.22. The number of aromatic nitrogens is 2. The fourth-order valence-electron chi connectivity index (χ4n) is 0.991. The molecule has 0 aliphatic rings. The predicted molar refractivity (Wildman–Crippen MR) is 53.5 cm³/mol. The summed E-state index contributed by atoms with van der Waals surface area (Å²) in [5.41, 5.74) is 0. The zero-order chi connectivity index (χ0) is 10.7. The van der Waals surface area contributed by atoms with Crippen molar-refractivity contribution in [2.45, 2.75) is 0 Å². The van der Waals surface area contributed by atoms with Crippen LogP contribution in [-0.2, 0) is 0 Å². The molecule has 0 spiro atoms. The van der Waals surface area contributed by atoms with Crippen LogP contribution in [0.25, 0.3) is 0 Å². The third kappa shape index (κ3) is 2.41. The maximum Gasteiger partial charge on any atom is 0.259 e. The molecule has 5 heteroatoms. The Hall–Kier alpha value is -1.68. The van der Waals surface area contributed by atoms with Gasteiger partial charge in [-0.05, 0) is 24.3 Å². The molecule has 15 heavy (non-hydrogen) atoms. The molecule has 76 valence electrons. The summed E-state index contributed by atoms with van der Waals surface area (Å²) in [5, 5.41) is 0.588. The van der Waals surface area contributed by atoms with Gasteiger partial charge in [0.05, 0.1) is 6.20 Å². The highest BCUT2D eigenvalue weighted by Gasteiger charge is 2.05. The lowest BCUT2D eigenvalue weighted by molar-refractivity contribution is 0.419. The van der Waals surface area contributed by atoms with E-state index in [1.165, 1.54) is 6.33 Å². The van der Waals surface area contributed by atoms with Gasteiger partial charge >= 0.3 is 0 Å². The van der Waals surface area contributed by atoms with Gasteiger partial charge in [0.1, 0.15) is 12.1 Å². The van der Waals surface area contributed by atoms with Gasteiger partial charge in [-0.1, -0.05) is 11.6 Å². The second-order valence-electron chi connectivity index (χ2n) is 2.73. The Kier molecular flexibility index (Phi) is 2.78. The van der Waals surface area contributed by atoms with Gasteiger partial charge in [0.25, 0.3) is 5.88 Å². The first kappa shape index (κ1) is 9.86. The molecule has 1 aromatic carbocycles. The molecule has 2 rings (SSSR count). The summed E-state index contributed by atoms with van der Waals surface area (Å²) in [4.78, 5) is 7.17. The molecule has 3 nitrogen and oxygen atoms in total. The van der Waals surface area contributed by atoms with Gasteiger partial charge in [-0.2, -0.15) is 9.37 Å². The Bertz CT molecular complexity index is 461. The molecule has 0 bridgehead atoms. The van der Waals surface area contributed by atoms with Gasteiger partial charge in [0.15, 0.2) is 0 Å². The Morgan fingerprint density at radius 2 is 1.93 bits per heavy atom. The maximum atomic E-state index is 13.1. The molecule has 1 aromatic heterocycles. The summed E-state index contributed by atoms with van der Waals surface area (Å²) in [6.45, 7) is 0. The van der Waals surface area contributed by atoms with Gasteiger partial charge in [-0.3, -0.25) is 0 Å². The highest BCUT2D eigenvalue weighted by atomic mass is 35.5. The van der Waals surface area contributed by atoms with E-state index in [4.69, 9.17) is 16.3 Å². The SMILES string of the molecule is Fc1cncnc1Oc1ccc(Cl)cc1. The van der Waals surface area contributed by atoms with E-state index in [1.54, 1.807) is 24.3 Å². The van der Waals surface area contributed by atoms with Crippen LogP contribution < -0.4 is 4.74 Å². The molecule has 0 amide bonds. The minimum atomic E-state index is -0.604. The van der Waals surface area contributed by atoms with Crippen molar-refractivity contribution in [3.05, 3.63) is 47.6 Å². The van der Waals surface area contributed by atoms with E-state index in [9.17, 15) is 4.39 Å². The topological polar surface area (TPSA) is 35.0 Å². The van der Waals surface area contributed by atoms with Gasteiger partial charge in [-0.25, -0.2) is 4.98 Å². The van der Waals surface area contributed by atoms with Gasteiger partial charge < -0.3 is 4.74 Å². The number of rotatable bonds is 2. The molecule has 0 N–H and O–H groups in total. The van der Waals surface area contributed by atoms with Crippen LogP contribution in [0.15, 0.2) is 36.8 Å². The normalized spacial score (nSPS) is 10.0. The molecule has 0 unspecified atom stereocenters. The molecule has 0 aliphatic heterocycles. The fraction of sp³-hybridized carbons (Fsp3) is 0. The summed E-state index contributed by atoms with van der Waals surface area (Å²) in [7, 11) is 0. The van der Waals surface area contributed by atoms with Gasteiger partial charge in [0, 0.05) is 5.02 Å². The summed E-state index contributed by atoms with van der Waals surface area (Å²) in [6.07, 6.45) is 2.26. The molecule has 0 aliphatic carbocycles. The van der Waals surface area contributed by atoms with Crippen LogP contribution in [0.1, 0.15) is 0 Å². The van der Waals surface area contributed by atoms with Crippen LogP contribution in [0, 0.1) is 5.82 Å². The zero-order valence-electron chi connectivity index (χ0n) is 7.52. The van der Waals surface area contributed by atoms with E-state index < -0.39 is 5.82 Å². The summed E-state index contributed by atoms with van der Waals surface area (Å²) >= 11 is 5.69.